The summed E-state index contributed by atoms with van der Waals surface area (Å²) in [5, 5.41) is 16.3. The zero-order chi connectivity index (χ0) is 21.9. The number of anilines is 1. The van der Waals surface area contributed by atoms with E-state index in [9.17, 15) is 27.1 Å². The van der Waals surface area contributed by atoms with Gasteiger partial charge < -0.3 is 19.7 Å². The molecule has 0 bridgehead atoms. The lowest BCUT2D eigenvalue weighted by atomic mass is 10.2. The number of imidazole rings is 1. The maximum atomic E-state index is 13.1. The monoisotopic (exact) mass is 432 g/mol. The number of halogens is 5. The van der Waals surface area contributed by atoms with Crippen LogP contribution in [0.3, 0.4) is 0 Å². The zero-order valence-corrected chi connectivity index (χ0v) is 15.3. The fourth-order valence-electron chi connectivity index (χ4n) is 2.77. The number of ether oxygens (including phenoxy) is 1. The van der Waals surface area contributed by atoms with Gasteiger partial charge in [-0.15, -0.1) is 0 Å². The molecule has 2 atom stereocenters. The standard InChI is InChI=1S/C17H17F5N6O2/c18-16(19)10(23)1-2-14-24-4-12(27-14)11-3-15(26-8-25-11)28-5-9(7-29)30-13(6-28)17(20,21)22/h1-4,8-9,13,16,23,29H,5-7H2,(H,24,27)/b2-1-,23-10?/t9-,13-/m0/s1. The third kappa shape index (κ3) is 5.16. The molecule has 0 amide bonds. The second-order valence-corrected chi connectivity index (χ2v) is 6.41. The summed E-state index contributed by atoms with van der Waals surface area (Å²) in [4.78, 5) is 16.2. The highest BCUT2D eigenvalue weighted by Crippen LogP contribution is 2.30. The maximum Gasteiger partial charge on any atom is 0.416 e. The molecule has 0 radical (unpaired) electrons. The van der Waals surface area contributed by atoms with Gasteiger partial charge in [0.25, 0.3) is 6.43 Å². The van der Waals surface area contributed by atoms with Crippen LogP contribution in [0.15, 0.2) is 24.7 Å². The first-order valence-corrected chi connectivity index (χ1v) is 8.67. The van der Waals surface area contributed by atoms with Gasteiger partial charge in [-0.2, -0.15) is 13.2 Å². The molecule has 0 saturated carbocycles. The van der Waals surface area contributed by atoms with Crippen LogP contribution in [0, 0.1) is 5.41 Å². The number of allylic oxidation sites excluding steroid dienone is 1. The maximum absolute atomic E-state index is 13.1. The summed E-state index contributed by atoms with van der Waals surface area (Å²) in [5.41, 5.74) is -0.185. The highest BCUT2D eigenvalue weighted by atomic mass is 19.4. The van der Waals surface area contributed by atoms with E-state index in [1.54, 1.807) is 0 Å². The first-order valence-electron chi connectivity index (χ1n) is 8.67. The van der Waals surface area contributed by atoms with Crippen LogP contribution in [-0.4, -0.2) is 75.3 Å². The van der Waals surface area contributed by atoms with E-state index in [1.807, 2.05) is 0 Å². The molecule has 0 aliphatic carbocycles. The van der Waals surface area contributed by atoms with Gasteiger partial charge in [-0.25, -0.2) is 23.7 Å². The number of aromatic amines is 1. The van der Waals surface area contributed by atoms with Crippen molar-refractivity contribution >= 4 is 17.6 Å². The summed E-state index contributed by atoms with van der Waals surface area (Å²) in [7, 11) is 0. The Bertz CT molecular complexity index is 916. The van der Waals surface area contributed by atoms with Gasteiger partial charge in [0.2, 0.25) is 0 Å². The zero-order valence-electron chi connectivity index (χ0n) is 15.3. The number of aromatic nitrogens is 4. The van der Waals surface area contributed by atoms with Crippen LogP contribution in [0.4, 0.5) is 27.8 Å². The van der Waals surface area contributed by atoms with E-state index >= 15 is 0 Å². The average Bonchev–Trinajstić information content (AvgIpc) is 3.20. The summed E-state index contributed by atoms with van der Waals surface area (Å²) in [5.74, 6) is 0.390. The third-order valence-electron chi connectivity index (χ3n) is 4.24. The Morgan fingerprint density at radius 1 is 1.33 bits per heavy atom. The molecule has 0 unspecified atom stereocenters. The van der Waals surface area contributed by atoms with E-state index in [0.717, 1.165) is 6.08 Å². The van der Waals surface area contributed by atoms with Gasteiger partial charge >= 0.3 is 6.18 Å². The van der Waals surface area contributed by atoms with Gasteiger partial charge in [0.1, 0.15) is 18.0 Å². The van der Waals surface area contributed by atoms with E-state index in [4.69, 9.17) is 10.1 Å². The van der Waals surface area contributed by atoms with E-state index < -0.39 is 43.7 Å². The van der Waals surface area contributed by atoms with E-state index in [0.29, 0.717) is 11.4 Å². The van der Waals surface area contributed by atoms with Crippen LogP contribution in [0.1, 0.15) is 5.82 Å². The first kappa shape index (κ1) is 21.8. The van der Waals surface area contributed by atoms with Gasteiger partial charge in [-0.3, -0.25) is 5.41 Å². The second-order valence-electron chi connectivity index (χ2n) is 6.41. The minimum absolute atomic E-state index is 0.00619. The summed E-state index contributed by atoms with van der Waals surface area (Å²) in [6, 6.07) is 1.44. The van der Waals surface area contributed by atoms with Crippen molar-refractivity contribution < 1.29 is 31.8 Å². The molecule has 0 spiro atoms. The normalized spacial score (nSPS) is 20.3. The molecule has 3 N–H and O–H groups in total. The number of hydrogen-bond acceptors (Lipinski definition) is 7. The minimum Gasteiger partial charge on any atom is -0.394 e. The smallest absolute Gasteiger partial charge is 0.394 e. The molecule has 3 rings (SSSR count). The van der Waals surface area contributed by atoms with Crippen LogP contribution in [0.2, 0.25) is 0 Å². The highest BCUT2D eigenvalue weighted by Gasteiger charge is 2.46. The van der Waals surface area contributed by atoms with Crippen LogP contribution in [0.5, 0.6) is 0 Å². The number of morpholine rings is 1. The molecule has 0 aromatic carbocycles. The predicted octanol–water partition coefficient (Wildman–Crippen LogP) is 2.29. The molecule has 2 aromatic heterocycles. The van der Waals surface area contributed by atoms with Crippen molar-refractivity contribution in [2.24, 2.45) is 0 Å². The van der Waals surface area contributed by atoms with Crippen molar-refractivity contribution in [1.29, 1.82) is 5.41 Å². The number of alkyl halides is 5. The Balaban J connectivity index is 1.80. The van der Waals surface area contributed by atoms with Gasteiger partial charge in [0.05, 0.1) is 42.6 Å². The number of nitrogens with zero attached hydrogens (tertiary/aromatic N) is 4. The SMILES string of the molecule is N=C(/C=C\c1ncc(-c2cc(N3C[C@@H](CO)O[C@H](C(F)(F)F)C3)ncn2)[nH]1)C(F)F. The Kier molecular flexibility index (Phi) is 6.41. The number of hydrogen-bond donors (Lipinski definition) is 3. The lowest BCUT2D eigenvalue weighted by Crippen LogP contribution is -2.54. The van der Waals surface area contributed by atoms with Gasteiger partial charge in [0.15, 0.2) is 6.10 Å². The molecular weight excluding hydrogens is 415 g/mol. The van der Waals surface area contributed by atoms with Crippen LogP contribution in [-0.2, 0) is 4.74 Å². The van der Waals surface area contributed by atoms with Crippen LogP contribution >= 0.6 is 0 Å². The molecule has 1 aliphatic rings. The molecule has 1 aliphatic heterocycles. The Labute approximate surface area is 166 Å². The first-order chi connectivity index (χ1) is 14.2. The van der Waals surface area contributed by atoms with Crippen molar-refractivity contribution in [2.75, 3.05) is 24.6 Å². The fraction of sp³-hybridized carbons (Fsp3) is 0.412. The largest absolute Gasteiger partial charge is 0.416 e. The summed E-state index contributed by atoms with van der Waals surface area (Å²) >= 11 is 0. The predicted molar refractivity (Wildman–Crippen MR) is 96.4 cm³/mol. The number of nitrogens with one attached hydrogen (secondary N) is 2. The van der Waals surface area contributed by atoms with Crippen molar-refractivity contribution in [3.05, 3.63) is 30.5 Å². The molecule has 1 saturated heterocycles. The Hall–Kier alpha value is -2.93. The summed E-state index contributed by atoms with van der Waals surface area (Å²) in [6.07, 6.45) is -5.98. The summed E-state index contributed by atoms with van der Waals surface area (Å²) < 4.78 is 68.9. The number of H-pyrrole nitrogens is 1. The topological polar surface area (TPSA) is 111 Å². The minimum atomic E-state index is -4.60. The average molecular weight is 432 g/mol. The summed E-state index contributed by atoms with van der Waals surface area (Å²) in [6.45, 7) is -1.07. The lowest BCUT2D eigenvalue weighted by Gasteiger charge is -2.38. The molecule has 3 heterocycles. The lowest BCUT2D eigenvalue weighted by molar-refractivity contribution is -0.238. The molecule has 13 heteroatoms. The molecule has 162 valence electrons. The van der Waals surface area contributed by atoms with Crippen LogP contribution in [0.25, 0.3) is 17.5 Å². The van der Waals surface area contributed by atoms with Gasteiger partial charge in [-0.05, 0) is 12.2 Å². The fourth-order valence-corrected chi connectivity index (χ4v) is 2.77. The second kappa shape index (κ2) is 8.83. The number of aliphatic hydroxyl groups excluding tert-OH is 1. The van der Waals surface area contributed by atoms with E-state index in [1.165, 1.54) is 29.6 Å². The van der Waals surface area contributed by atoms with E-state index in [2.05, 4.69) is 19.9 Å². The van der Waals surface area contributed by atoms with Gasteiger partial charge in [-0.1, -0.05) is 0 Å². The van der Waals surface area contributed by atoms with Crippen LogP contribution < -0.4 is 4.90 Å². The number of rotatable bonds is 6. The van der Waals surface area contributed by atoms with Crippen molar-refractivity contribution in [2.45, 2.75) is 24.8 Å². The quantitative estimate of drug-likeness (QED) is 0.477. The molecule has 8 nitrogen and oxygen atoms in total. The third-order valence-corrected chi connectivity index (χ3v) is 4.24. The Morgan fingerprint density at radius 3 is 2.77 bits per heavy atom. The molecule has 30 heavy (non-hydrogen) atoms. The van der Waals surface area contributed by atoms with Gasteiger partial charge in [0, 0.05) is 12.6 Å². The Morgan fingerprint density at radius 2 is 2.10 bits per heavy atom. The highest BCUT2D eigenvalue weighted by molar-refractivity contribution is 5.97. The molecule has 1 fully saturated rings. The molecule has 2 aromatic rings. The number of aliphatic hydroxyl groups is 1. The van der Waals surface area contributed by atoms with E-state index in [-0.39, 0.29) is 18.2 Å². The molecular formula is C17H17F5N6O2. The van der Waals surface area contributed by atoms with Crippen molar-refractivity contribution in [1.82, 2.24) is 19.9 Å². The van der Waals surface area contributed by atoms with Crippen molar-refractivity contribution in [3.8, 4) is 11.4 Å². The van der Waals surface area contributed by atoms with Crippen molar-refractivity contribution in [3.63, 3.8) is 0 Å².